The topological polar surface area (TPSA) is 34.9 Å². The number of aldehydes is 1. The monoisotopic (exact) mass is 258 g/mol. The molecule has 1 unspecified atom stereocenters. The van der Waals surface area contributed by atoms with E-state index < -0.39 is 0 Å². The summed E-state index contributed by atoms with van der Waals surface area (Å²) >= 11 is 1.73. The summed E-state index contributed by atoms with van der Waals surface area (Å²) in [6, 6.07) is 10.4. The van der Waals surface area contributed by atoms with Gasteiger partial charge in [0.15, 0.2) is 11.4 Å². The van der Waals surface area contributed by atoms with Crippen LogP contribution >= 0.6 is 11.8 Å². The van der Waals surface area contributed by atoms with Crippen LogP contribution in [0.4, 0.5) is 0 Å². The van der Waals surface area contributed by atoms with Crippen molar-refractivity contribution in [2.75, 3.05) is 0 Å². The Hall–Kier alpha value is -1.55. The molecule has 0 saturated carbocycles. The van der Waals surface area contributed by atoms with Gasteiger partial charge in [0.2, 0.25) is 0 Å². The standard InChI is InChI=1S/C14H14N2OS/c1-14(2)12(10-6-4-3-5-7-10)16-11(9-17)8-15-13(16)18-14/h3-9,12H,1-2H3. The number of aromatic nitrogens is 2. The third-order valence-electron chi connectivity index (χ3n) is 3.30. The minimum atomic E-state index is 0.00269. The van der Waals surface area contributed by atoms with Crippen LogP contribution in [0.25, 0.3) is 0 Å². The first-order valence-corrected chi connectivity index (χ1v) is 6.71. The highest BCUT2D eigenvalue weighted by atomic mass is 32.2. The zero-order chi connectivity index (χ0) is 12.8. The lowest BCUT2D eigenvalue weighted by Gasteiger charge is -2.27. The maximum absolute atomic E-state index is 11.1. The summed E-state index contributed by atoms with van der Waals surface area (Å²) in [5, 5.41) is 0.927. The summed E-state index contributed by atoms with van der Waals surface area (Å²) in [7, 11) is 0. The zero-order valence-corrected chi connectivity index (χ0v) is 11.1. The Morgan fingerprint density at radius 3 is 2.72 bits per heavy atom. The largest absolute Gasteiger partial charge is 0.308 e. The van der Waals surface area contributed by atoms with E-state index in [1.165, 1.54) is 5.56 Å². The number of hydrogen-bond donors (Lipinski definition) is 0. The lowest BCUT2D eigenvalue weighted by Crippen LogP contribution is -2.26. The van der Waals surface area contributed by atoms with Gasteiger partial charge in [-0.1, -0.05) is 42.1 Å². The van der Waals surface area contributed by atoms with Crippen molar-refractivity contribution in [1.82, 2.24) is 9.55 Å². The maximum atomic E-state index is 11.1. The number of thioether (sulfide) groups is 1. The Morgan fingerprint density at radius 2 is 2.06 bits per heavy atom. The summed E-state index contributed by atoms with van der Waals surface area (Å²) in [6.45, 7) is 4.39. The molecule has 2 heterocycles. The molecule has 18 heavy (non-hydrogen) atoms. The van der Waals surface area contributed by atoms with Crippen LogP contribution < -0.4 is 0 Å². The molecular formula is C14H14N2OS. The van der Waals surface area contributed by atoms with Crippen molar-refractivity contribution in [3.05, 3.63) is 47.8 Å². The number of carbonyl (C=O) groups excluding carboxylic acids is 1. The van der Waals surface area contributed by atoms with Crippen LogP contribution in [0.1, 0.15) is 35.9 Å². The third-order valence-corrected chi connectivity index (χ3v) is 4.53. The molecule has 0 N–H and O–H groups in total. The van der Waals surface area contributed by atoms with Crippen LogP contribution in [0.5, 0.6) is 0 Å². The number of benzene rings is 1. The molecule has 0 radical (unpaired) electrons. The minimum Gasteiger partial charge on any atom is -0.308 e. The van der Waals surface area contributed by atoms with Crippen molar-refractivity contribution in [2.24, 2.45) is 0 Å². The Balaban J connectivity index is 2.18. The molecule has 1 aliphatic heterocycles. The van der Waals surface area contributed by atoms with Crippen LogP contribution in [0.2, 0.25) is 0 Å². The summed E-state index contributed by atoms with van der Waals surface area (Å²) < 4.78 is 2.05. The summed E-state index contributed by atoms with van der Waals surface area (Å²) in [4.78, 5) is 15.5. The molecule has 1 aromatic heterocycles. The molecular weight excluding hydrogens is 244 g/mol. The second kappa shape index (κ2) is 3.99. The maximum Gasteiger partial charge on any atom is 0.169 e. The molecule has 0 aliphatic carbocycles. The fourth-order valence-electron chi connectivity index (χ4n) is 2.57. The van der Waals surface area contributed by atoms with Crippen molar-refractivity contribution in [3.8, 4) is 0 Å². The smallest absolute Gasteiger partial charge is 0.169 e. The van der Waals surface area contributed by atoms with Gasteiger partial charge in [-0.25, -0.2) is 4.98 Å². The lowest BCUT2D eigenvalue weighted by atomic mass is 9.95. The first kappa shape index (κ1) is 11.5. The minimum absolute atomic E-state index is 0.00269. The van der Waals surface area contributed by atoms with E-state index in [4.69, 9.17) is 0 Å². The fourth-order valence-corrected chi connectivity index (χ4v) is 3.80. The molecule has 0 fully saturated rings. The van der Waals surface area contributed by atoms with Gasteiger partial charge in [-0.2, -0.15) is 0 Å². The molecule has 1 atom stereocenters. The summed E-state index contributed by atoms with van der Waals surface area (Å²) in [5.74, 6) is 0. The Kier molecular flexibility index (Phi) is 2.55. The second-order valence-corrected chi connectivity index (χ2v) is 6.59. The van der Waals surface area contributed by atoms with E-state index in [1.807, 2.05) is 22.8 Å². The van der Waals surface area contributed by atoms with E-state index in [0.29, 0.717) is 5.69 Å². The molecule has 92 valence electrons. The predicted octanol–water partition coefficient (Wildman–Crippen LogP) is 3.17. The molecule has 0 spiro atoms. The quantitative estimate of drug-likeness (QED) is 0.776. The van der Waals surface area contributed by atoms with Crippen molar-refractivity contribution in [1.29, 1.82) is 0 Å². The van der Waals surface area contributed by atoms with E-state index in [0.717, 1.165) is 11.4 Å². The number of fused-ring (bicyclic) bond motifs is 1. The van der Waals surface area contributed by atoms with Crippen molar-refractivity contribution in [3.63, 3.8) is 0 Å². The van der Waals surface area contributed by atoms with Gasteiger partial charge < -0.3 is 4.57 Å². The van der Waals surface area contributed by atoms with Gasteiger partial charge in [-0.3, -0.25) is 4.79 Å². The first-order valence-electron chi connectivity index (χ1n) is 5.90. The number of hydrogen-bond acceptors (Lipinski definition) is 3. The molecule has 0 bridgehead atoms. The molecule has 1 aromatic carbocycles. The first-order chi connectivity index (χ1) is 8.63. The zero-order valence-electron chi connectivity index (χ0n) is 10.3. The Morgan fingerprint density at radius 1 is 1.33 bits per heavy atom. The number of nitrogens with zero attached hydrogens (tertiary/aromatic N) is 2. The van der Waals surface area contributed by atoms with Crippen LogP contribution in [-0.4, -0.2) is 20.6 Å². The van der Waals surface area contributed by atoms with Crippen LogP contribution in [0.15, 0.2) is 41.7 Å². The van der Waals surface area contributed by atoms with Crippen LogP contribution in [0, 0.1) is 0 Å². The second-order valence-electron chi connectivity index (χ2n) is 4.97. The lowest BCUT2D eigenvalue weighted by molar-refractivity contribution is 0.111. The summed E-state index contributed by atoms with van der Waals surface area (Å²) in [5.41, 5.74) is 1.87. The van der Waals surface area contributed by atoms with Gasteiger partial charge in [0, 0.05) is 4.75 Å². The number of rotatable bonds is 2. The van der Waals surface area contributed by atoms with Gasteiger partial charge in [-0.15, -0.1) is 0 Å². The van der Waals surface area contributed by atoms with E-state index in [1.54, 1.807) is 18.0 Å². The molecule has 3 rings (SSSR count). The predicted molar refractivity (Wildman–Crippen MR) is 72.1 cm³/mol. The van der Waals surface area contributed by atoms with Gasteiger partial charge in [0.1, 0.15) is 5.69 Å². The number of imidazole rings is 1. The van der Waals surface area contributed by atoms with E-state index in [9.17, 15) is 4.79 Å². The Bertz CT molecular complexity index is 589. The average molecular weight is 258 g/mol. The van der Waals surface area contributed by atoms with Gasteiger partial charge >= 0.3 is 0 Å². The SMILES string of the molecule is CC1(C)Sc2ncc(C=O)n2C1c1ccccc1. The van der Waals surface area contributed by atoms with Crippen molar-refractivity contribution in [2.45, 2.75) is 29.8 Å². The van der Waals surface area contributed by atoms with E-state index in [2.05, 4.69) is 31.0 Å². The van der Waals surface area contributed by atoms with Crippen LogP contribution in [0.3, 0.4) is 0 Å². The summed E-state index contributed by atoms with van der Waals surface area (Å²) in [6.07, 6.45) is 2.54. The average Bonchev–Trinajstić information content (AvgIpc) is 2.84. The molecule has 4 heteroatoms. The van der Waals surface area contributed by atoms with Gasteiger partial charge in [0.05, 0.1) is 12.2 Å². The van der Waals surface area contributed by atoms with E-state index >= 15 is 0 Å². The normalized spacial score (nSPS) is 20.7. The highest BCUT2D eigenvalue weighted by Gasteiger charge is 2.42. The molecule has 0 saturated heterocycles. The van der Waals surface area contributed by atoms with Gasteiger partial charge in [-0.05, 0) is 19.4 Å². The van der Waals surface area contributed by atoms with Crippen molar-refractivity contribution < 1.29 is 4.79 Å². The molecule has 2 aromatic rings. The molecule has 3 nitrogen and oxygen atoms in total. The van der Waals surface area contributed by atoms with Crippen LogP contribution in [-0.2, 0) is 0 Å². The highest BCUT2D eigenvalue weighted by molar-refractivity contribution is 8.00. The molecule has 0 amide bonds. The van der Waals surface area contributed by atoms with Gasteiger partial charge in [0.25, 0.3) is 0 Å². The molecule has 1 aliphatic rings. The van der Waals surface area contributed by atoms with Crippen molar-refractivity contribution >= 4 is 18.0 Å². The fraction of sp³-hybridized carbons (Fsp3) is 0.286. The van der Waals surface area contributed by atoms with E-state index in [-0.39, 0.29) is 10.8 Å². The number of carbonyl (C=O) groups is 1. The Labute approximate surface area is 110 Å². The third kappa shape index (κ3) is 1.60. The highest BCUT2D eigenvalue weighted by Crippen LogP contribution is 2.51.